The lowest BCUT2D eigenvalue weighted by molar-refractivity contribution is -0.112. The van der Waals surface area contributed by atoms with E-state index in [2.05, 4.69) is 5.32 Å². The van der Waals surface area contributed by atoms with Crippen LogP contribution in [0.15, 0.2) is 78.4 Å². The van der Waals surface area contributed by atoms with Gasteiger partial charge in [-0.05, 0) is 41.5 Å². The molecule has 0 spiro atoms. The van der Waals surface area contributed by atoms with Crippen LogP contribution in [0, 0.1) is 11.3 Å². The third kappa shape index (κ3) is 5.40. The van der Waals surface area contributed by atoms with Crippen LogP contribution in [0.25, 0.3) is 6.08 Å². The number of nitriles is 1. The van der Waals surface area contributed by atoms with Gasteiger partial charge in [-0.2, -0.15) is 5.26 Å². The molecule has 0 atom stereocenters. The number of para-hydroxylation sites is 1. The zero-order valence-electron chi connectivity index (χ0n) is 16.3. The second-order valence-corrected chi connectivity index (χ2v) is 6.70. The summed E-state index contributed by atoms with van der Waals surface area (Å²) < 4.78 is 11.2. The van der Waals surface area contributed by atoms with Crippen molar-refractivity contribution in [2.75, 3.05) is 12.4 Å². The fourth-order valence-corrected chi connectivity index (χ4v) is 2.88. The fourth-order valence-electron chi connectivity index (χ4n) is 2.70. The van der Waals surface area contributed by atoms with Gasteiger partial charge in [-0.25, -0.2) is 0 Å². The van der Waals surface area contributed by atoms with Crippen molar-refractivity contribution < 1.29 is 14.3 Å². The lowest BCUT2D eigenvalue weighted by Crippen LogP contribution is -2.13. The van der Waals surface area contributed by atoms with Crippen molar-refractivity contribution in [1.82, 2.24) is 0 Å². The monoisotopic (exact) mass is 418 g/mol. The number of ether oxygens (including phenoxy) is 2. The van der Waals surface area contributed by atoms with Gasteiger partial charge in [0.2, 0.25) is 0 Å². The molecule has 0 fully saturated rings. The third-order valence-corrected chi connectivity index (χ3v) is 4.55. The summed E-state index contributed by atoms with van der Waals surface area (Å²) in [6, 6.07) is 23.7. The maximum Gasteiger partial charge on any atom is 0.266 e. The van der Waals surface area contributed by atoms with Crippen molar-refractivity contribution >= 4 is 29.3 Å². The Morgan fingerprint density at radius 2 is 1.80 bits per heavy atom. The number of halogens is 1. The molecule has 0 unspecified atom stereocenters. The van der Waals surface area contributed by atoms with Gasteiger partial charge in [0.1, 0.15) is 18.2 Å². The van der Waals surface area contributed by atoms with Crippen molar-refractivity contribution in [3.8, 4) is 17.6 Å². The highest BCUT2D eigenvalue weighted by Gasteiger charge is 2.12. The summed E-state index contributed by atoms with van der Waals surface area (Å²) >= 11 is 6.06. The number of anilines is 1. The quantitative estimate of drug-likeness (QED) is 0.407. The van der Waals surface area contributed by atoms with E-state index in [4.69, 9.17) is 21.1 Å². The molecule has 3 aromatic carbocycles. The average Bonchev–Trinajstić information content (AvgIpc) is 2.78. The van der Waals surface area contributed by atoms with Crippen LogP contribution < -0.4 is 14.8 Å². The number of amides is 1. The van der Waals surface area contributed by atoms with Gasteiger partial charge in [0.25, 0.3) is 5.91 Å². The number of carbonyl (C=O) groups excluding carboxylic acids is 1. The summed E-state index contributed by atoms with van der Waals surface area (Å²) in [5.74, 6) is 0.523. The van der Waals surface area contributed by atoms with Crippen LogP contribution in [0.2, 0.25) is 5.02 Å². The molecule has 5 nitrogen and oxygen atoms in total. The normalized spacial score (nSPS) is 10.8. The lowest BCUT2D eigenvalue weighted by Gasteiger charge is -2.12. The molecular formula is C24H19ClN2O3. The number of nitrogens with one attached hydrogen (secondary N) is 1. The molecule has 3 rings (SSSR count). The largest absolute Gasteiger partial charge is 0.493 e. The van der Waals surface area contributed by atoms with Gasteiger partial charge in [0.15, 0.2) is 11.5 Å². The molecule has 0 saturated carbocycles. The molecule has 30 heavy (non-hydrogen) atoms. The molecule has 1 N–H and O–H groups in total. The maximum absolute atomic E-state index is 12.5. The molecule has 0 aromatic heterocycles. The molecule has 0 aliphatic carbocycles. The smallest absolute Gasteiger partial charge is 0.266 e. The Morgan fingerprint density at radius 3 is 2.50 bits per heavy atom. The topological polar surface area (TPSA) is 71.3 Å². The van der Waals surface area contributed by atoms with Gasteiger partial charge in [0, 0.05) is 0 Å². The van der Waals surface area contributed by atoms with E-state index < -0.39 is 5.91 Å². The lowest BCUT2D eigenvalue weighted by atomic mass is 10.1. The van der Waals surface area contributed by atoms with Gasteiger partial charge in [-0.1, -0.05) is 60.1 Å². The van der Waals surface area contributed by atoms with Crippen molar-refractivity contribution in [1.29, 1.82) is 5.26 Å². The number of methoxy groups -OCH3 is 1. The highest BCUT2D eigenvalue weighted by atomic mass is 35.5. The molecule has 0 radical (unpaired) electrons. The van der Waals surface area contributed by atoms with E-state index in [1.54, 1.807) is 42.5 Å². The molecule has 6 heteroatoms. The minimum atomic E-state index is -0.547. The van der Waals surface area contributed by atoms with Crippen LogP contribution in [0.3, 0.4) is 0 Å². The predicted molar refractivity (Wildman–Crippen MR) is 117 cm³/mol. The van der Waals surface area contributed by atoms with Crippen molar-refractivity contribution in [3.63, 3.8) is 0 Å². The summed E-state index contributed by atoms with van der Waals surface area (Å²) in [7, 11) is 1.54. The van der Waals surface area contributed by atoms with Crippen LogP contribution in [0.4, 0.5) is 5.69 Å². The summed E-state index contributed by atoms with van der Waals surface area (Å²) in [5.41, 5.74) is 2.04. The van der Waals surface area contributed by atoms with Crippen LogP contribution in [0.5, 0.6) is 11.5 Å². The highest BCUT2D eigenvalue weighted by Crippen LogP contribution is 2.30. The van der Waals surface area contributed by atoms with E-state index in [1.807, 2.05) is 36.4 Å². The minimum absolute atomic E-state index is 0.0603. The maximum atomic E-state index is 12.5. The number of benzene rings is 3. The van der Waals surface area contributed by atoms with Gasteiger partial charge in [0.05, 0.1) is 17.8 Å². The molecule has 1 amide bonds. The first kappa shape index (κ1) is 21.0. The number of rotatable bonds is 7. The zero-order valence-corrected chi connectivity index (χ0v) is 17.0. The third-order valence-electron chi connectivity index (χ3n) is 4.22. The van der Waals surface area contributed by atoms with Crippen molar-refractivity contribution in [3.05, 3.63) is 94.5 Å². The second-order valence-electron chi connectivity index (χ2n) is 6.29. The van der Waals surface area contributed by atoms with Crippen LogP contribution >= 0.6 is 11.6 Å². The summed E-state index contributed by atoms with van der Waals surface area (Å²) in [5, 5.41) is 12.5. The number of hydrogen-bond donors (Lipinski definition) is 1. The SMILES string of the molecule is COc1cc(/C=C(\C#N)C(=O)Nc2ccccc2Cl)ccc1OCc1ccccc1. The number of carbonyl (C=O) groups is 1. The summed E-state index contributed by atoms with van der Waals surface area (Å²) in [6.07, 6.45) is 1.48. The van der Waals surface area contributed by atoms with Gasteiger partial charge >= 0.3 is 0 Å². The summed E-state index contributed by atoms with van der Waals surface area (Å²) in [4.78, 5) is 12.5. The second kappa shape index (κ2) is 10.1. The molecule has 0 aliphatic heterocycles. The molecule has 150 valence electrons. The molecule has 0 aliphatic rings. The van der Waals surface area contributed by atoms with Gasteiger partial charge in [-0.15, -0.1) is 0 Å². The molecule has 0 bridgehead atoms. The van der Waals surface area contributed by atoms with E-state index in [0.717, 1.165) is 5.56 Å². The van der Waals surface area contributed by atoms with Gasteiger partial charge < -0.3 is 14.8 Å². The Hall–Kier alpha value is -3.75. The standard InChI is InChI=1S/C24H19ClN2O3/c1-29-23-14-18(11-12-22(23)30-16-17-7-3-2-4-8-17)13-19(15-26)24(28)27-21-10-6-5-9-20(21)25/h2-14H,16H2,1H3,(H,27,28)/b19-13+. The highest BCUT2D eigenvalue weighted by molar-refractivity contribution is 6.34. The number of hydrogen-bond acceptors (Lipinski definition) is 4. The van der Waals surface area contributed by atoms with E-state index >= 15 is 0 Å². The minimum Gasteiger partial charge on any atom is -0.493 e. The number of nitrogens with zero attached hydrogens (tertiary/aromatic N) is 1. The first-order valence-corrected chi connectivity index (χ1v) is 9.51. The van der Waals surface area contributed by atoms with Crippen LogP contribution in [-0.4, -0.2) is 13.0 Å². The predicted octanol–water partition coefficient (Wildman–Crippen LogP) is 5.47. The van der Waals surface area contributed by atoms with Crippen molar-refractivity contribution in [2.45, 2.75) is 6.61 Å². The molecule has 3 aromatic rings. The van der Waals surface area contributed by atoms with Crippen molar-refractivity contribution in [2.24, 2.45) is 0 Å². The first-order chi connectivity index (χ1) is 14.6. The first-order valence-electron chi connectivity index (χ1n) is 9.13. The molecular weight excluding hydrogens is 400 g/mol. The van der Waals surface area contributed by atoms with E-state index in [9.17, 15) is 10.1 Å². The Kier molecular flexibility index (Phi) is 7.09. The zero-order chi connectivity index (χ0) is 21.3. The Balaban J connectivity index is 1.76. The molecule has 0 saturated heterocycles. The Bertz CT molecular complexity index is 1100. The van der Waals surface area contributed by atoms with E-state index in [0.29, 0.717) is 34.4 Å². The Labute approximate surface area is 180 Å². The average molecular weight is 419 g/mol. The van der Waals surface area contributed by atoms with Gasteiger partial charge in [-0.3, -0.25) is 4.79 Å². The van der Waals surface area contributed by atoms with E-state index in [-0.39, 0.29) is 5.57 Å². The van der Waals surface area contributed by atoms with Crippen LogP contribution in [0.1, 0.15) is 11.1 Å². The summed E-state index contributed by atoms with van der Waals surface area (Å²) in [6.45, 7) is 0.399. The fraction of sp³-hybridized carbons (Fsp3) is 0.0833. The Morgan fingerprint density at radius 1 is 1.07 bits per heavy atom. The molecule has 0 heterocycles. The van der Waals surface area contributed by atoms with Crippen LogP contribution in [-0.2, 0) is 11.4 Å². The van der Waals surface area contributed by atoms with E-state index in [1.165, 1.54) is 13.2 Å².